The van der Waals surface area contributed by atoms with E-state index in [1.807, 2.05) is 0 Å². The van der Waals surface area contributed by atoms with Gasteiger partial charge in [0, 0.05) is 10.9 Å². The van der Waals surface area contributed by atoms with Gasteiger partial charge in [0.2, 0.25) is 5.91 Å². The summed E-state index contributed by atoms with van der Waals surface area (Å²) in [4.78, 5) is 50.8. The summed E-state index contributed by atoms with van der Waals surface area (Å²) in [5, 5.41) is 4.42. The normalized spacial score (nSPS) is 12.6. The number of esters is 1. The minimum absolute atomic E-state index is 0.106. The zero-order chi connectivity index (χ0) is 22.1. The van der Waals surface area contributed by atoms with E-state index in [1.165, 1.54) is 43.5 Å². The van der Waals surface area contributed by atoms with Crippen molar-refractivity contribution in [2.75, 3.05) is 19.0 Å². The summed E-state index contributed by atoms with van der Waals surface area (Å²) in [6.07, 6.45) is 0. The Labute approximate surface area is 180 Å². The molecule has 1 aromatic heterocycles. The molecule has 0 saturated carbocycles. The molecule has 0 aliphatic carbocycles. The van der Waals surface area contributed by atoms with Crippen molar-refractivity contribution in [1.29, 1.82) is 0 Å². The molecular weight excluding hydrogens is 423 g/mol. The Balaban J connectivity index is 1.58. The number of carbonyl (C=O) groups excluding carboxylic acids is 4. The van der Waals surface area contributed by atoms with E-state index in [2.05, 4.69) is 5.32 Å². The SMILES string of the molecule is COC(=O)c1c(-c2ccc(F)cc2)csc1NC(=O)CN1C(=O)c2ccccc2C1=O. The van der Waals surface area contributed by atoms with Crippen molar-refractivity contribution in [1.82, 2.24) is 4.90 Å². The smallest absolute Gasteiger partial charge is 0.341 e. The van der Waals surface area contributed by atoms with Crippen LogP contribution in [0.1, 0.15) is 31.1 Å². The predicted molar refractivity (Wildman–Crippen MR) is 111 cm³/mol. The Kier molecular flexibility index (Phi) is 5.35. The van der Waals surface area contributed by atoms with Crippen LogP contribution >= 0.6 is 11.3 Å². The number of thiophene rings is 1. The second kappa shape index (κ2) is 8.11. The van der Waals surface area contributed by atoms with Gasteiger partial charge in [0.1, 0.15) is 22.9 Å². The second-order valence-corrected chi connectivity index (χ2v) is 7.52. The summed E-state index contributed by atoms with van der Waals surface area (Å²) in [6, 6.07) is 11.9. The first-order valence-corrected chi connectivity index (χ1v) is 9.99. The first-order valence-electron chi connectivity index (χ1n) is 9.11. The van der Waals surface area contributed by atoms with Gasteiger partial charge in [0.15, 0.2) is 0 Å². The maximum absolute atomic E-state index is 13.3. The molecule has 0 fully saturated rings. The highest BCUT2D eigenvalue weighted by molar-refractivity contribution is 7.15. The number of rotatable bonds is 5. The minimum atomic E-state index is -0.684. The lowest BCUT2D eigenvalue weighted by Gasteiger charge is -2.14. The molecule has 31 heavy (non-hydrogen) atoms. The van der Waals surface area contributed by atoms with E-state index in [9.17, 15) is 23.6 Å². The fourth-order valence-electron chi connectivity index (χ4n) is 3.29. The molecule has 1 aliphatic rings. The molecule has 3 aromatic rings. The molecule has 4 rings (SSSR count). The molecule has 2 aromatic carbocycles. The van der Waals surface area contributed by atoms with Crippen LogP contribution in [0.5, 0.6) is 0 Å². The molecule has 0 unspecified atom stereocenters. The second-order valence-electron chi connectivity index (χ2n) is 6.64. The number of nitrogens with one attached hydrogen (secondary N) is 1. The Hall–Kier alpha value is -3.85. The summed E-state index contributed by atoms with van der Waals surface area (Å²) in [5.41, 5.74) is 1.62. The first kappa shape index (κ1) is 20.4. The number of halogens is 1. The molecule has 0 bridgehead atoms. The Morgan fingerprint density at radius 3 is 2.19 bits per heavy atom. The largest absolute Gasteiger partial charge is 0.465 e. The third kappa shape index (κ3) is 3.71. The number of benzene rings is 2. The lowest BCUT2D eigenvalue weighted by atomic mass is 10.0. The number of carbonyl (C=O) groups is 4. The van der Waals surface area contributed by atoms with Gasteiger partial charge >= 0.3 is 5.97 Å². The van der Waals surface area contributed by atoms with Crippen LogP contribution in [0, 0.1) is 5.82 Å². The number of hydrogen-bond acceptors (Lipinski definition) is 6. The number of methoxy groups -OCH3 is 1. The highest BCUT2D eigenvalue weighted by atomic mass is 32.1. The van der Waals surface area contributed by atoms with Gasteiger partial charge in [-0.2, -0.15) is 0 Å². The molecule has 9 heteroatoms. The van der Waals surface area contributed by atoms with E-state index in [0.717, 1.165) is 16.2 Å². The standard InChI is InChI=1S/C22H15FN2O5S/c1-30-22(29)18-16(12-6-8-13(23)9-7-12)11-31-19(18)24-17(26)10-25-20(27)14-4-2-3-5-15(14)21(25)28/h2-9,11H,10H2,1H3,(H,24,26). The van der Waals surface area contributed by atoms with Crippen LogP contribution in [0.2, 0.25) is 0 Å². The number of nitrogens with zero attached hydrogens (tertiary/aromatic N) is 1. The fourth-order valence-corrected chi connectivity index (χ4v) is 4.26. The van der Waals surface area contributed by atoms with Crippen LogP contribution in [-0.4, -0.2) is 42.2 Å². The Morgan fingerprint density at radius 1 is 1.00 bits per heavy atom. The number of imide groups is 1. The average molecular weight is 438 g/mol. The summed E-state index contributed by atoms with van der Waals surface area (Å²) >= 11 is 1.08. The van der Waals surface area contributed by atoms with E-state index in [-0.39, 0.29) is 21.7 Å². The van der Waals surface area contributed by atoms with Crippen molar-refractivity contribution in [2.24, 2.45) is 0 Å². The monoisotopic (exact) mass is 438 g/mol. The van der Waals surface area contributed by atoms with Gasteiger partial charge in [0.25, 0.3) is 11.8 Å². The number of ether oxygens (including phenoxy) is 1. The Bertz CT molecular complexity index is 1180. The number of anilines is 1. The van der Waals surface area contributed by atoms with E-state index in [4.69, 9.17) is 4.74 Å². The molecule has 0 spiro atoms. The average Bonchev–Trinajstić information content (AvgIpc) is 3.29. The zero-order valence-electron chi connectivity index (χ0n) is 16.2. The van der Waals surface area contributed by atoms with Gasteiger partial charge < -0.3 is 10.1 Å². The van der Waals surface area contributed by atoms with E-state index in [0.29, 0.717) is 11.1 Å². The maximum atomic E-state index is 13.3. The molecule has 7 nitrogen and oxygen atoms in total. The Morgan fingerprint density at radius 2 is 1.61 bits per heavy atom. The topological polar surface area (TPSA) is 92.8 Å². The predicted octanol–water partition coefficient (Wildman–Crippen LogP) is 3.58. The lowest BCUT2D eigenvalue weighted by molar-refractivity contribution is -0.116. The molecule has 3 amide bonds. The molecule has 156 valence electrons. The summed E-state index contributed by atoms with van der Waals surface area (Å²) in [5.74, 6) is -2.86. The van der Waals surface area contributed by atoms with Crippen LogP contribution < -0.4 is 5.32 Å². The van der Waals surface area contributed by atoms with Gasteiger partial charge in [-0.25, -0.2) is 9.18 Å². The molecule has 1 N–H and O–H groups in total. The van der Waals surface area contributed by atoms with Crippen molar-refractivity contribution < 1.29 is 28.3 Å². The van der Waals surface area contributed by atoms with Gasteiger partial charge in [-0.15, -0.1) is 11.3 Å². The van der Waals surface area contributed by atoms with E-state index < -0.39 is 36.1 Å². The summed E-state index contributed by atoms with van der Waals surface area (Å²) in [7, 11) is 1.21. The van der Waals surface area contributed by atoms with Crippen molar-refractivity contribution in [3.63, 3.8) is 0 Å². The van der Waals surface area contributed by atoms with Crippen LogP contribution in [-0.2, 0) is 9.53 Å². The molecule has 0 atom stereocenters. The van der Waals surface area contributed by atoms with Crippen LogP contribution in [0.15, 0.2) is 53.9 Å². The van der Waals surface area contributed by atoms with Gasteiger partial charge in [0.05, 0.1) is 18.2 Å². The fraction of sp³-hybridized carbons (Fsp3) is 0.0909. The number of fused-ring (bicyclic) bond motifs is 1. The van der Waals surface area contributed by atoms with Crippen LogP contribution in [0.3, 0.4) is 0 Å². The third-order valence-corrected chi connectivity index (χ3v) is 5.66. The highest BCUT2D eigenvalue weighted by Gasteiger charge is 2.36. The van der Waals surface area contributed by atoms with Crippen LogP contribution in [0.4, 0.5) is 9.39 Å². The van der Waals surface area contributed by atoms with Crippen molar-refractivity contribution in [3.05, 3.63) is 76.4 Å². The lowest BCUT2D eigenvalue weighted by Crippen LogP contribution is -2.37. The maximum Gasteiger partial charge on any atom is 0.341 e. The third-order valence-electron chi connectivity index (χ3n) is 4.77. The quantitative estimate of drug-likeness (QED) is 0.486. The number of hydrogen-bond donors (Lipinski definition) is 1. The van der Waals surface area contributed by atoms with Crippen LogP contribution in [0.25, 0.3) is 11.1 Å². The summed E-state index contributed by atoms with van der Waals surface area (Å²) < 4.78 is 18.1. The van der Waals surface area contributed by atoms with Crippen molar-refractivity contribution >= 4 is 40.0 Å². The minimum Gasteiger partial charge on any atom is -0.465 e. The van der Waals surface area contributed by atoms with Crippen molar-refractivity contribution in [3.8, 4) is 11.1 Å². The molecule has 0 radical (unpaired) electrons. The first-order chi connectivity index (χ1) is 14.9. The zero-order valence-corrected chi connectivity index (χ0v) is 17.0. The van der Waals surface area contributed by atoms with E-state index >= 15 is 0 Å². The summed E-state index contributed by atoms with van der Waals surface area (Å²) in [6.45, 7) is -0.503. The molecular formula is C22H15FN2O5S. The molecule has 2 heterocycles. The molecule has 1 aliphatic heterocycles. The van der Waals surface area contributed by atoms with E-state index in [1.54, 1.807) is 17.5 Å². The van der Waals surface area contributed by atoms with Gasteiger partial charge in [-0.05, 0) is 29.8 Å². The number of amides is 3. The highest BCUT2D eigenvalue weighted by Crippen LogP contribution is 2.36. The van der Waals surface area contributed by atoms with Crippen molar-refractivity contribution in [2.45, 2.75) is 0 Å². The van der Waals surface area contributed by atoms with Gasteiger partial charge in [-0.3, -0.25) is 19.3 Å². The van der Waals surface area contributed by atoms with Gasteiger partial charge in [-0.1, -0.05) is 24.3 Å². The molecule has 0 saturated heterocycles.